The summed E-state index contributed by atoms with van der Waals surface area (Å²) in [6.45, 7) is 0. The van der Waals surface area contributed by atoms with Crippen LogP contribution in [0.25, 0.3) is 0 Å². The lowest BCUT2D eigenvalue weighted by Gasteiger charge is -2.09. The number of nitrogens with zero attached hydrogens (tertiary/aromatic N) is 2. The molecule has 0 saturated carbocycles. The topological polar surface area (TPSA) is 76.0 Å². The van der Waals surface area contributed by atoms with E-state index >= 15 is 0 Å². The highest BCUT2D eigenvalue weighted by atomic mass is 19.1. The second-order valence-electron chi connectivity index (χ2n) is 5.46. The number of aryl methyl sites for hydroxylation is 1. The van der Waals surface area contributed by atoms with Crippen molar-refractivity contribution in [2.24, 2.45) is 7.05 Å². The minimum Gasteiger partial charge on any atom is -0.322 e. The van der Waals surface area contributed by atoms with Crippen LogP contribution in [0.2, 0.25) is 0 Å². The second kappa shape index (κ2) is 7.14. The monoisotopic (exact) mass is 356 g/mol. The number of aromatic nitrogens is 2. The number of benzene rings is 2. The number of rotatable bonds is 4. The molecule has 0 aliphatic carbocycles. The lowest BCUT2D eigenvalue weighted by atomic mass is 10.2. The van der Waals surface area contributed by atoms with Crippen molar-refractivity contribution in [1.29, 1.82) is 0 Å². The van der Waals surface area contributed by atoms with Gasteiger partial charge in [0.05, 0.1) is 11.8 Å². The number of hydrogen-bond donors (Lipinski definition) is 2. The Morgan fingerprint density at radius 3 is 2.00 bits per heavy atom. The molecule has 1 aromatic heterocycles. The molecule has 0 unspecified atom stereocenters. The second-order valence-corrected chi connectivity index (χ2v) is 5.46. The fourth-order valence-electron chi connectivity index (χ4n) is 2.39. The summed E-state index contributed by atoms with van der Waals surface area (Å²) in [6.07, 6.45) is 1.23. The van der Waals surface area contributed by atoms with Gasteiger partial charge in [0.15, 0.2) is 0 Å². The van der Waals surface area contributed by atoms with Crippen molar-refractivity contribution in [2.45, 2.75) is 0 Å². The summed E-state index contributed by atoms with van der Waals surface area (Å²) in [5.41, 5.74) is 0.483. The maximum atomic E-state index is 13.3. The van der Waals surface area contributed by atoms with Gasteiger partial charge in [0, 0.05) is 18.4 Å². The smallest absolute Gasteiger partial charge is 0.274 e. The molecule has 0 fully saturated rings. The summed E-state index contributed by atoms with van der Waals surface area (Å²) in [6, 6.07) is 10.7. The molecule has 6 nitrogen and oxygen atoms in total. The number of carbonyl (C=O) groups is 2. The minimum atomic E-state index is -0.625. The molecule has 0 radical (unpaired) electrons. The number of amides is 2. The van der Waals surface area contributed by atoms with Crippen molar-refractivity contribution < 1.29 is 18.4 Å². The molecule has 132 valence electrons. The molecule has 1 heterocycles. The first-order valence-corrected chi connectivity index (χ1v) is 7.60. The number of anilines is 2. The van der Waals surface area contributed by atoms with E-state index in [4.69, 9.17) is 0 Å². The van der Waals surface area contributed by atoms with Gasteiger partial charge in [0.2, 0.25) is 0 Å². The van der Waals surface area contributed by atoms with E-state index in [0.717, 1.165) is 12.1 Å². The molecule has 3 aromatic rings. The summed E-state index contributed by atoms with van der Waals surface area (Å²) in [7, 11) is 1.50. The van der Waals surface area contributed by atoms with Gasteiger partial charge in [-0.05, 0) is 36.4 Å². The number of nitrogens with one attached hydrogen (secondary N) is 2. The standard InChI is InChI=1S/C18H14F2N4O2/c1-24-16(18(26)23-14-7-3-5-12(20)9-14)15(10-21-24)17(25)22-13-6-2-4-11(19)8-13/h2-10H,1H3,(H,22,25)(H,23,26). The van der Waals surface area contributed by atoms with E-state index in [1.807, 2.05) is 0 Å². The normalized spacial score (nSPS) is 10.4. The van der Waals surface area contributed by atoms with Gasteiger partial charge in [-0.1, -0.05) is 12.1 Å². The van der Waals surface area contributed by atoms with Crippen LogP contribution in [-0.2, 0) is 7.05 Å². The Morgan fingerprint density at radius 1 is 0.923 bits per heavy atom. The molecule has 0 spiro atoms. The van der Waals surface area contributed by atoms with Crippen molar-refractivity contribution in [3.8, 4) is 0 Å². The molecular weight excluding hydrogens is 342 g/mol. The Hall–Kier alpha value is -3.55. The molecule has 0 aliphatic heterocycles. The molecule has 0 bridgehead atoms. The zero-order valence-corrected chi connectivity index (χ0v) is 13.7. The van der Waals surface area contributed by atoms with Crippen molar-refractivity contribution in [1.82, 2.24) is 9.78 Å². The summed E-state index contributed by atoms with van der Waals surface area (Å²) < 4.78 is 27.7. The zero-order chi connectivity index (χ0) is 18.7. The highest BCUT2D eigenvalue weighted by Gasteiger charge is 2.22. The zero-order valence-electron chi connectivity index (χ0n) is 13.7. The fourth-order valence-corrected chi connectivity index (χ4v) is 2.39. The molecule has 2 amide bonds. The lowest BCUT2D eigenvalue weighted by Crippen LogP contribution is -2.22. The van der Waals surface area contributed by atoms with Crippen LogP contribution < -0.4 is 10.6 Å². The average molecular weight is 356 g/mol. The average Bonchev–Trinajstić information content (AvgIpc) is 2.97. The van der Waals surface area contributed by atoms with Gasteiger partial charge in [-0.3, -0.25) is 14.3 Å². The summed E-state index contributed by atoms with van der Waals surface area (Å²) >= 11 is 0. The molecule has 0 atom stereocenters. The highest BCUT2D eigenvalue weighted by molar-refractivity contribution is 6.14. The van der Waals surface area contributed by atoms with Crippen LogP contribution in [0.15, 0.2) is 54.7 Å². The van der Waals surface area contributed by atoms with E-state index in [0.29, 0.717) is 0 Å². The Labute approximate surface area is 147 Å². The van der Waals surface area contributed by atoms with Crippen molar-refractivity contribution in [3.05, 3.63) is 77.6 Å². The third-order valence-electron chi connectivity index (χ3n) is 3.56. The molecule has 2 N–H and O–H groups in total. The summed E-state index contributed by atoms with van der Waals surface area (Å²) in [5.74, 6) is -2.25. The van der Waals surface area contributed by atoms with Gasteiger partial charge in [-0.25, -0.2) is 8.78 Å². The molecule has 26 heavy (non-hydrogen) atoms. The Bertz CT molecular complexity index is 985. The van der Waals surface area contributed by atoms with E-state index in [1.165, 1.54) is 54.3 Å². The van der Waals surface area contributed by atoms with Gasteiger partial charge in [-0.2, -0.15) is 5.10 Å². The molecule has 8 heteroatoms. The van der Waals surface area contributed by atoms with Gasteiger partial charge in [0.1, 0.15) is 17.3 Å². The van der Waals surface area contributed by atoms with E-state index in [1.54, 1.807) is 0 Å². The van der Waals surface area contributed by atoms with E-state index in [-0.39, 0.29) is 22.6 Å². The molecule has 2 aromatic carbocycles. The largest absolute Gasteiger partial charge is 0.322 e. The van der Waals surface area contributed by atoms with Crippen LogP contribution in [0.4, 0.5) is 20.2 Å². The molecule has 0 aliphatic rings. The van der Waals surface area contributed by atoms with Gasteiger partial charge in [0.25, 0.3) is 11.8 Å². The number of carbonyl (C=O) groups excluding carboxylic acids is 2. The number of halogens is 2. The summed E-state index contributed by atoms with van der Waals surface area (Å²) in [5, 5.41) is 8.95. The van der Waals surface area contributed by atoms with Crippen molar-refractivity contribution in [2.75, 3.05) is 10.6 Å². The van der Waals surface area contributed by atoms with Crippen LogP contribution in [0.5, 0.6) is 0 Å². The van der Waals surface area contributed by atoms with E-state index < -0.39 is 23.4 Å². The predicted octanol–water partition coefficient (Wildman–Crippen LogP) is 3.20. The van der Waals surface area contributed by atoms with Crippen LogP contribution in [-0.4, -0.2) is 21.6 Å². The maximum absolute atomic E-state index is 13.3. The number of hydrogen-bond acceptors (Lipinski definition) is 3. The first-order valence-electron chi connectivity index (χ1n) is 7.60. The Morgan fingerprint density at radius 2 is 1.46 bits per heavy atom. The van der Waals surface area contributed by atoms with Crippen LogP contribution >= 0.6 is 0 Å². The Balaban J connectivity index is 1.84. The highest BCUT2D eigenvalue weighted by Crippen LogP contribution is 2.16. The quantitative estimate of drug-likeness (QED) is 0.754. The minimum absolute atomic E-state index is 0.00524. The Kier molecular flexibility index (Phi) is 4.74. The first kappa shape index (κ1) is 17.3. The van der Waals surface area contributed by atoms with Crippen molar-refractivity contribution >= 4 is 23.2 Å². The van der Waals surface area contributed by atoms with E-state index in [2.05, 4.69) is 15.7 Å². The predicted molar refractivity (Wildman–Crippen MR) is 91.9 cm³/mol. The molecular formula is C18H14F2N4O2. The van der Waals surface area contributed by atoms with Crippen LogP contribution in [0.3, 0.4) is 0 Å². The van der Waals surface area contributed by atoms with Crippen LogP contribution in [0, 0.1) is 11.6 Å². The maximum Gasteiger partial charge on any atom is 0.274 e. The van der Waals surface area contributed by atoms with Gasteiger partial charge >= 0.3 is 0 Å². The van der Waals surface area contributed by atoms with Gasteiger partial charge in [-0.15, -0.1) is 0 Å². The first-order chi connectivity index (χ1) is 12.4. The van der Waals surface area contributed by atoms with Gasteiger partial charge < -0.3 is 10.6 Å². The SMILES string of the molecule is Cn1ncc(C(=O)Nc2cccc(F)c2)c1C(=O)Nc1cccc(F)c1. The summed E-state index contributed by atoms with van der Waals surface area (Å²) in [4.78, 5) is 24.9. The van der Waals surface area contributed by atoms with Crippen LogP contribution in [0.1, 0.15) is 20.8 Å². The lowest BCUT2D eigenvalue weighted by molar-refractivity contribution is 0.0985. The molecule has 0 saturated heterocycles. The van der Waals surface area contributed by atoms with Crippen molar-refractivity contribution in [3.63, 3.8) is 0 Å². The third-order valence-corrected chi connectivity index (χ3v) is 3.56. The molecule has 3 rings (SSSR count). The van der Waals surface area contributed by atoms with E-state index in [9.17, 15) is 18.4 Å². The fraction of sp³-hybridized carbons (Fsp3) is 0.0556. The third kappa shape index (κ3) is 3.75.